The molecule has 100 valence electrons. The Balaban J connectivity index is 2.11. The smallest absolute Gasteiger partial charge is 0.0818 e. The fourth-order valence-electron chi connectivity index (χ4n) is 2.84. The second kappa shape index (κ2) is 6.10. The summed E-state index contributed by atoms with van der Waals surface area (Å²) in [4.78, 5) is 0. The number of aliphatic hydroxyl groups is 1. The van der Waals surface area contributed by atoms with Gasteiger partial charge in [0.05, 0.1) is 11.1 Å². The van der Waals surface area contributed by atoms with Crippen molar-refractivity contribution in [3.63, 3.8) is 0 Å². The minimum absolute atomic E-state index is 0.366. The van der Waals surface area contributed by atoms with Gasteiger partial charge in [0.15, 0.2) is 0 Å². The van der Waals surface area contributed by atoms with Gasteiger partial charge in [-0.1, -0.05) is 37.9 Å². The Bertz CT molecular complexity index is 421. The monoisotopic (exact) mass is 378 g/mol. The molecule has 4 atom stereocenters. The molecule has 0 aromatic heterocycles. The van der Waals surface area contributed by atoms with Crippen LogP contribution in [0.5, 0.6) is 0 Å². The fraction of sp³-hybridized carbons (Fsp3) is 0.600. The SMILES string of the molecule is CC1CCC(C(O)c2ccc(I)c(Cl)c2)CC1C. The molecule has 2 rings (SSSR count). The summed E-state index contributed by atoms with van der Waals surface area (Å²) in [6, 6.07) is 5.90. The van der Waals surface area contributed by atoms with Gasteiger partial charge in [0.2, 0.25) is 0 Å². The van der Waals surface area contributed by atoms with Crippen LogP contribution in [0.25, 0.3) is 0 Å². The van der Waals surface area contributed by atoms with E-state index in [1.54, 1.807) is 0 Å². The first-order valence-electron chi connectivity index (χ1n) is 6.62. The zero-order chi connectivity index (χ0) is 13.3. The number of hydrogen-bond donors (Lipinski definition) is 1. The molecule has 1 fully saturated rings. The molecular formula is C15H20ClIO. The van der Waals surface area contributed by atoms with Crippen molar-refractivity contribution in [2.45, 2.75) is 39.2 Å². The molecule has 18 heavy (non-hydrogen) atoms. The van der Waals surface area contributed by atoms with Crippen molar-refractivity contribution in [1.82, 2.24) is 0 Å². The number of aliphatic hydroxyl groups excluding tert-OH is 1. The zero-order valence-electron chi connectivity index (χ0n) is 10.9. The van der Waals surface area contributed by atoms with E-state index in [4.69, 9.17) is 11.6 Å². The van der Waals surface area contributed by atoms with Gasteiger partial charge >= 0.3 is 0 Å². The normalized spacial score (nSPS) is 30.2. The van der Waals surface area contributed by atoms with Crippen LogP contribution in [0.15, 0.2) is 18.2 Å². The number of benzene rings is 1. The van der Waals surface area contributed by atoms with Gasteiger partial charge in [-0.2, -0.15) is 0 Å². The Morgan fingerprint density at radius 3 is 2.61 bits per heavy atom. The largest absolute Gasteiger partial charge is 0.388 e. The molecule has 0 heterocycles. The van der Waals surface area contributed by atoms with Gasteiger partial charge in [-0.25, -0.2) is 0 Å². The fourth-order valence-corrected chi connectivity index (χ4v) is 3.37. The molecule has 0 spiro atoms. The molecule has 1 N–H and O–H groups in total. The topological polar surface area (TPSA) is 20.2 Å². The zero-order valence-corrected chi connectivity index (χ0v) is 13.8. The van der Waals surface area contributed by atoms with Crippen LogP contribution in [0.1, 0.15) is 44.8 Å². The summed E-state index contributed by atoms with van der Waals surface area (Å²) in [7, 11) is 0. The summed E-state index contributed by atoms with van der Waals surface area (Å²) in [6.45, 7) is 4.61. The van der Waals surface area contributed by atoms with Crippen molar-refractivity contribution in [2.75, 3.05) is 0 Å². The van der Waals surface area contributed by atoms with Gasteiger partial charge in [0, 0.05) is 3.57 Å². The number of rotatable bonds is 2. The summed E-state index contributed by atoms with van der Waals surface area (Å²) >= 11 is 8.34. The van der Waals surface area contributed by atoms with E-state index in [0.29, 0.717) is 11.8 Å². The lowest BCUT2D eigenvalue weighted by Gasteiger charge is -2.34. The van der Waals surface area contributed by atoms with Crippen molar-refractivity contribution < 1.29 is 5.11 Å². The minimum atomic E-state index is -0.366. The lowest BCUT2D eigenvalue weighted by Crippen LogP contribution is -2.25. The molecule has 1 saturated carbocycles. The van der Waals surface area contributed by atoms with Gasteiger partial charge in [0.1, 0.15) is 0 Å². The van der Waals surface area contributed by atoms with Gasteiger partial charge in [-0.15, -0.1) is 0 Å². The predicted molar refractivity (Wildman–Crippen MR) is 84.8 cm³/mol. The maximum atomic E-state index is 10.5. The summed E-state index contributed by atoms with van der Waals surface area (Å²) in [6.07, 6.45) is 3.10. The van der Waals surface area contributed by atoms with Gasteiger partial charge in [-0.05, 0) is 70.9 Å². The first kappa shape index (κ1) is 14.6. The molecule has 0 aliphatic heterocycles. The summed E-state index contributed by atoms with van der Waals surface area (Å²) < 4.78 is 1.04. The first-order valence-corrected chi connectivity index (χ1v) is 8.07. The Morgan fingerprint density at radius 1 is 1.28 bits per heavy atom. The molecular weight excluding hydrogens is 359 g/mol. The molecule has 1 aliphatic rings. The van der Waals surface area contributed by atoms with E-state index in [9.17, 15) is 5.11 Å². The highest BCUT2D eigenvalue weighted by Gasteiger charge is 2.30. The highest BCUT2D eigenvalue weighted by atomic mass is 127. The predicted octanol–water partition coefficient (Wildman–Crippen LogP) is 5.05. The van der Waals surface area contributed by atoms with E-state index in [1.165, 1.54) is 6.42 Å². The molecule has 0 amide bonds. The molecule has 1 nitrogen and oxygen atoms in total. The molecule has 4 unspecified atom stereocenters. The molecule has 1 aromatic carbocycles. The maximum Gasteiger partial charge on any atom is 0.0818 e. The molecule has 0 saturated heterocycles. The molecule has 1 aliphatic carbocycles. The van der Waals surface area contributed by atoms with Gasteiger partial charge in [-0.3, -0.25) is 0 Å². The lowest BCUT2D eigenvalue weighted by atomic mass is 9.73. The third-order valence-corrected chi connectivity index (χ3v) is 5.94. The van der Waals surface area contributed by atoms with Crippen molar-refractivity contribution in [3.8, 4) is 0 Å². The van der Waals surface area contributed by atoms with Crippen LogP contribution >= 0.6 is 34.2 Å². The second-order valence-corrected chi connectivity index (χ2v) is 7.22. The molecule has 1 aromatic rings. The van der Waals surface area contributed by atoms with Crippen LogP contribution in [-0.4, -0.2) is 5.11 Å². The number of hydrogen-bond acceptors (Lipinski definition) is 1. The average Bonchev–Trinajstić information content (AvgIpc) is 2.35. The van der Waals surface area contributed by atoms with Crippen molar-refractivity contribution >= 4 is 34.2 Å². The van der Waals surface area contributed by atoms with Crippen LogP contribution in [-0.2, 0) is 0 Å². The average molecular weight is 379 g/mol. The third-order valence-electron chi connectivity index (χ3n) is 4.37. The quantitative estimate of drug-likeness (QED) is 0.714. The van der Waals surface area contributed by atoms with Crippen molar-refractivity contribution in [3.05, 3.63) is 32.4 Å². The number of halogens is 2. The Hall–Kier alpha value is 0.200. The molecule has 0 bridgehead atoms. The van der Waals surface area contributed by atoms with Gasteiger partial charge < -0.3 is 5.11 Å². The first-order chi connectivity index (χ1) is 8.49. The van der Waals surface area contributed by atoms with E-state index in [2.05, 4.69) is 36.4 Å². The van der Waals surface area contributed by atoms with E-state index in [-0.39, 0.29) is 6.10 Å². The lowest BCUT2D eigenvalue weighted by molar-refractivity contribution is 0.0561. The van der Waals surface area contributed by atoms with Crippen molar-refractivity contribution in [2.24, 2.45) is 17.8 Å². The van der Waals surface area contributed by atoms with Gasteiger partial charge in [0.25, 0.3) is 0 Å². The van der Waals surface area contributed by atoms with Crippen LogP contribution in [0, 0.1) is 21.3 Å². The Kier molecular flexibility index (Phi) is 4.95. The summed E-state index contributed by atoms with van der Waals surface area (Å²) in [5.74, 6) is 1.87. The summed E-state index contributed by atoms with van der Waals surface area (Å²) in [5.41, 5.74) is 0.965. The van der Waals surface area contributed by atoms with E-state index < -0.39 is 0 Å². The third kappa shape index (κ3) is 3.20. The minimum Gasteiger partial charge on any atom is -0.388 e. The van der Waals surface area contributed by atoms with Crippen LogP contribution in [0.2, 0.25) is 5.02 Å². The highest BCUT2D eigenvalue weighted by molar-refractivity contribution is 14.1. The van der Waals surface area contributed by atoms with Crippen LogP contribution < -0.4 is 0 Å². The molecule has 3 heteroatoms. The van der Waals surface area contributed by atoms with Crippen LogP contribution in [0.3, 0.4) is 0 Å². The van der Waals surface area contributed by atoms with Crippen molar-refractivity contribution in [1.29, 1.82) is 0 Å². The molecule has 0 radical (unpaired) electrons. The van der Waals surface area contributed by atoms with E-state index in [0.717, 1.165) is 32.9 Å². The maximum absolute atomic E-state index is 10.5. The summed E-state index contributed by atoms with van der Waals surface area (Å²) in [5, 5.41) is 11.2. The Labute approximate surface area is 128 Å². The highest BCUT2D eigenvalue weighted by Crippen LogP contribution is 2.40. The van der Waals surface area contributed by atoms with E-state index in [1.807, 2.05) is 18.2 Å². The van der Waals surface area contributed by atoms with E-state index >= 15 is 0 Å². The second-order valence-electron chi connectivity index (χ2n) is 5.65. The van der Waals surface area contributed by atoms with Crippen LogP contribution in [0.4, 0.5) is 0 Å². The Morgan fingerprint density at radius 2 is 2.00 bits per heavy atom. The standard InChI is InChI=1S/C15H20ClIO/c1-9-3-4-11(7-10(9)2)15(18)12-5-6-14(17)13(16)8-12/h5-6,8-11,15,18H,3-4,7H2,1-2H3.